The topological polar surface area (TPSA) is 57.5 Å². The molecule has 3 nitrogen and oxygen atoms in total. The van der Waals surface area contributed by atoms with E-state index in [1.807, 2.05) is 0 Å². The number of rotatable bonds is 18. The lowest BCUT2D eigenvalue weighted by Crippen LogP contribution is -1.93. The maximum absolute atomic E-state index is 10.4. The number of carbonyl (C=O) groups is 1. The van der Waals surface area contributed by atoms with Crippen LogP contribution in [0.5, 0.6) is 0 Å². The molecule has 0 aliphatic carbocycles. The lowest BCUT2D eigenvalue weighted by molar-refractivity contribution is -0.137. The molecule has 0 rings (SSSR count). The number of carboxylic acids is 1. The monoisotopic (exact) mass is 326 g/mol. The third-order valence-electron chi connectivity index (χ3n) is 4.21. The van der Waals surface area contributed by atoms with Crippen molar-refractivity contribution in [1.29, 1.82) is 0 Å². The van der Waals surface area contributed by atoms with Crippen LogP contribution < -0.4 is 0 Å². The summed E-state index contributed by atoms with van der Waals surface area (Å²) in [5.74, 6) is -0.665. The zero-order valence-electron chi connectivity index (χ0n) is 15.0. The first-order valence-electron chi connectivity index (χ1n) is 9.75. The summed E-state index contributed by atoms with van der Waals surface area (Å²) in [5, 5.41) is 17.2. The van der Waals surface area contributed by atoms with E-state index in [0.717, 1.165) is 32.1 Å². The van der Waals surface area contributed by atoms with E-state index in [2.05, 4.69) is 12.2 Å². The molecule has 0 radical (unpaired) electrons. The Hall–Kier alpha value is -0.830. The van der Waals surface area contributed by atoms with Gasteiger partial charge in [-0.3, -0.25) is 4.79 Å². The first-order chi connectivity index (χ1) is 11.3. The third kappa shape index (κ3) is 21.2. The van der Waals surface area contributed by atoms with Crippen LogP contribution in [0.25, 0.3) is 0 Å². The summed E-state index contributed by atoms with van der Waals surface area (Å²) in [6, 6.07) is 0. The van der Waals surface area contributed by atoms with Crippen molar-refractivity contribution in [3.05, 3.63) is 12.2 Å². The molecule has 0 bridgehead atoms. The van der Waals surface area contributed by atoms with Gasteiger partial charge in [0.2, 0.25) is 0 Å². The molecule has 0 saturated carbocycles. The molecular formula is C20H38O3. The molecule has 3 heteroatoms. The SMILES string of the molecule is O=C(O)CCCCCCCCCCCCC=CCCCCCO. The van der Waals surface area contributed by atoms with E-state index in [0.29, 0.717) is 13.0 Å². The molecule has 0 aromatic rings. The predicted molar refractivity (Wildman–Crippen MR) is 97.7 cm³/mol. The van der Waals surface area contributed by atoms with Gasteiger partial charge in [-0.05, 0) is 38.5 Å². The highest BCUT2D eigenvalue weighted by Crippen LogP contribution is 2.12. The Kier molecular flexibility index (Phi) is 18.5. The second-order valence-electron chi connectivity index (χ2n) is 6.51. The fourth-order valence-corrected chi connectivity index (χ4v) is 2.74. The number of allylic oxidation sites excluding steroid dienone is 2. The van der Waals surface area contributed by atoms with Crippen molar-refractivity contribution in [3.8, 4) is 0 Å². The number of carboxylic acid groups (broad SMARTS) is 1. The predicted octanol–water partition coefficient (Wildman–Crippen LogP) is 5.86. The molecule has 0 heterocycles. The highest BCUT2D eigenvalue weighted by molar-refractivity contribution is 5.66. The summed E-state index contributed by atoms with van der Waals surface area (Å²) in [5.41, 5.74) is 0. The molecule has 0 aliphatic rings. The van der Waals surface area contributed by atoms with Gasteiger partial charge >= 0.3 is 5.97 Å². The Labute approximate surface area is 143 Å². The number of hydrogen-bond donors (Lipinski definition) is 2. The quantitative estimate of drug-likeness (QED) is 0.245. The lowest BCUT2D eigenvalue weighted by Gasteiger charge is -2.02. The Morgan fingerprint density at radius 1 is 0.609 bits per heavy atom. The smallest absolute Gasteiger partial charge is 0.303 e. The van der Waals surface area contributed by atoms with E-state index < -0.39 is 5.97 Å². The summed E-state index contributed by atoms with van der Waals surface area (Å²) in [6.07, 6.45) is 22.9. The van der Waals surface area contributed by atoms with Gasteiger partial charge < -0.3 is 10.2 Å². The van der Waals surface area contributed by atoms with E-state index in [1.54, 1.807) is 0 Å². The van der Waals surface area contributed by atoms with Crippen LogP contribution in [0.2, 0.25) is 0 Å². The molecule has 0 unspecified atom stereocenters. The fourth-order valence-electron chi connectivity index (χ4n) is 2.74. The zero-order valence-corrected chi connectivity index (χ0v) is 15.0. The van der Waals surface area contributed by atoms with Crippen molar-refractivity contribution in [2.75, 3.05) is 6.61 Å². The van der Waals surface area contributed by atoms with Crippen molar-refractivity contribution in [2.45, 2.75) is 103 Å². The van der Waals surface area contributed by atoms with Crippen LogP contribution in [0.1, 0.15) is 103 Å². The largest absolute Gasteiger partial charge is 0.481 e. The molecule has 23 heavy (non-hydrogen) atoms. The van der Waals surface area contributed by atoms with Gasteiger partial charge in [-0.15, -0.1) is 0 Å². The van der Waals surface area contributed by atoms with E-state index in [9.17, 15) is 4.79 Å². The molecule has 0 aliphatic heterocycles. The highest BCUT2D eigenvalue weighted by Gasteiger charge is 1.96. The van der Waals surface area contributed by atoms with Crippen LogP contribution in [0, 0.1) is 0 Å². The van der Waals surface area contributed by atoms with Gasteiger partial charge in [0.15, 0.2) is 0 Å². The molecule has 0 spiro atoms. The van der Waals surface area contributed by atoms with Gasteiger partial charge in [-0.1, -0.05) is 69.9 Å². The van der Waals surface area contributed by atoms with Crippen molar-refractivity contribution in [3.63, 3.8) is 0 Å². The molecule has 0 saturated heterocycles. The molecule has 0 aromatic heterocycles. The number of aliphatic hydroxyl groups excluding tert-OH is 1. The first-order valence-corrected chi connectivity index (χ1v) is 9.75. The Bertz CT molecular complexity index is 274. The maximum atomic E-state index is 10.4. The summed E-state index contributed by atoms with van der Waals surface area (Å²) < 4.78 is 0. The molecule has 2 N–H and O–H groups in total. The lowest BCUT2D eigenvalue weighted by atomic mass is 10.0. The van der Waals surface area contributed by atoms with Crippen LogP contribution in [0.3, 0.4) is 0 Å². The fraction of sp³-hybridized carbons (Fsp3) is 0.850. The highest BCUT2D eigenvalue weighted by atomic mass is 16.4. The normalized spacial score (nSPS) is 11.3. The van der Waals surface area contributed by atoms with E-state index in [1.165, 1.54) is 64.2 Å². The maximum Gasteiger partial charge on any atom is 0.303 e. The average Bonchev–Trinajstić information content (AvgIpc) is 2.53. The van der Waals surface area contributed by atoms with Crippen molar-refractivity contribution >= 4 is 5.97 Å². The molecule has 136 valence electrons. The summed E-state index contributed by atoms with van der Waals surface area (Å²) in [4.78, 5) is 10.4. The van der Waals surface area contributed by atoms with Gasteiger partial charge in [0.25, 0.3) is 0 Å². The minimum atomic E-state index is -0.665. The third-order valence-corrected chi connectivity index (χ3v) is 4.21. The number of unbranched alkanes of at least 4 members (excludes halogenated alkanes) is 13. The van der Waals surface area contributed by atoms with E-state index >= 15 is 0 Å². The summed E-state index contributed by atoms with van der Waals surface area (Å²) in [6.45, 7) is 0.328. The van der Waals surface area contributed by atoms with E-state index in [4.69, 9.17) is 10.2 Å². The van der Waals surface area contributed by atoms with Crippen LogP contribution in [0.15, 0.2) is 12.2 Å². The first kappa shape index (κ1) is 22.2. The van der Waals surface area contributed by atoms with Gasteiger partial charge in [0, 0.05) is 13.0 Å². The van der Waals surface area contributed by atoms with Gasteiger partial charge in [-0.2, -0.15) is 0 Å². The Balaban J connectivity index is 3.05. The number of aliphatic hydroxyl groups is 1. The minimum Gasteiger partial charge on any atom is -0.481 e. The van der Waals surface area contributed by atoms with Crippen LogP contribution in [-0.2, 0) is 4.79 Å². The van der Waals surface area contributed by atoms with Crippen LogP contribution >= 0.6 is 0 Å². The summed E-state index contributed by atoms with van der Waals surface area (Å²) >= 11 is 0. The van der Waals surface area contributed by atoms with Crippen LogP contribution in [0.4, 0.5) is 0 Å². The van der Waals surface area contributed by atoms with E-state index in [-0.39, 0.29) is 0 Å². The van der Waals surface area contributed by atoms with Gasteiger partial charge in [-0.25, -0.2) is 0 Å². The zero-order chi connectivity index (χ0) is 17.0. The van der Waals surface area contributed by atoms with Crippen molar-refractivity contribution in [1.82, 2.24) is 0 Å². The van der Waals surface area contributed by atoms with Crippen LogP contribution in [-0.4, -0.2) is 22.8 Å². The molecule has 0 amide bonds. The van der Waals surface area contributed by atoms with Crippen molar-refractivity contribution < 1.29 is 15.0 Å². The van der Waals surface area contributed by atoms with Gasteiger partial charge in [0.05, 0.1) is 0 Å². The molecule has 0 aromatic carbocycles. The summed E-state index contributed by atoms with van der Waals surface area (Å²) in [7, 11) is 0. The number of hydrogen-bond acceptors (Lipinski definition) is 2. The molecule has 0 atom stereocenters. The van der Waals surface area contributed by atoms with Crippen molar-refractivity contribution in [2.24, 2.45) is 0 Å². The standard InChI is InChI=1S/C20H38O3/c21-19-17-15-13-11-9-7-5-3-1-2-4-6-8-10-12-14-16-18-20(22)23/h7,9,21H,1-6,8,10-19H2,(H,22,23). The Morgan fingerprint density at radius 3 is 1.43 bits per heavy atom. The number of aliphatic carboxylic acids is 1. The Morgan fingerprint density at radius 2 is 1.00 bits per heavy atom. The second kappa shape index (κ2) is 19.2. The molecular weight excluding hydrogens is 288 g/mol. The second-order valence-corrected chi connectivity index (χ2v) is 6.51. The van der Waals surface area contributed by atoms with Gasteiger partial charge in [0.1, 0.15) is 0 Å². The average molecular weight is 327 g/mol. The molecule has 0 fully saturated rings. The minimum absolute atomic E-state index is 0.328.